The fourth-order valence-corrected chi connectivity index (χ4v) is 6.33. The van der Waals surface area contributed by atoms with E-state index in [1.165, 1.54) is 32.7 Å². The van der Waals surface area contributed by atoms with Gasteiger partial charge in [-0.15, -0.1) is 0 Å². The van der Waals surface area contributed by atoms with E-state index in [2.05, 4.69) is 34.5 Å². The molecule has 1 saturated heterocycles. The van der Waals surface area contributed by atoms with Gasteiger partial charge in [-0.3, -0.25) is 9.59 Å². The van der Waals surface area contributed by atoms with Crippen LogP contribution in [0.5, 0.6) is 0 Å². The quantitative estimate of drug-likeness (QED) is 0.244. The summed E-state index contributed by atoms with van der Waals surface area (Å²) in [6.45, 7) is 2.03. The van der Waals surface area contributed by atoms with Gasteiger partial charge in [0.05, 0.1) is 28.9 Å². The standard InChI is InChI=1S/C31H23N3O2/c1-18-10-12-19(13-11-18)32-33-20-14-16-21(17-15-20)34-30(35)28-26-22-6-2-3-7-23(22)27(29(28)31(34)36)25-9-5-4-8-24(25)26/h2-17,26-29H,1H3/t26?,27?,28-,29-/m1/s1. The van der Waals surface area contributed by atoms with Crippen LogP contribution < -0.4 is 4.90 Å². The Balaban J connectivity index is 1.23. The number of nitrogens with zero attached hydrogens (tertiary/aromatic N) is 3. The number of azo groups is 1. The summed E-state index contributed by atoms with van der Waals surface area (Å²) in [6, 6.07) is 31.6. The average molecular weight is 470 g/mol. The molecule has 8 rings (SSSR count). The van der Waals surface area contributed by atoms with Gasteiger partial charge >= 0.3 is 0 Å². The Morgan fingerprint density at radius 2 is 0.944 bits per heavy atom. The minimum absolute atomic E-state index is 0.101. The minimum atomic E-state index is -0.381. The summed E-state index contributed by atoms with van der Waals surface area (Å²) in [5, 5.41) is 8.59. The summed E-state index contributed by atoms with van der Waals surface area (Å²) >= 11 is 0. The van der Waals surface area contributed by atoms with Crippen LogP contribution in [0.15, 0.2) is 107 Å². The lowest BCUT2D eigenvalue weighted by Gasteiger charge is -2.45. The van der Waals surface area contributed by atoms with E-state index in [9.17, 15) is 9.59 Å². The number of hydrogen-bond donors (Lipinski definition) is 0. The van der Waals surface area contributed by atoms with Crippen LogP contribution in [-0.4, -0.2) is 11.8 Å². The molecule has 2 amide bonds. The maximum absolute atomic E-state index is 13.8. The average Bonchev–Trinajstić information content (AvgIpc) is 3.19. The van der Waals surface area contributed by atoms with Gasteiger partial charge in [0.1, 0.15) is 0 Å². The van der Waals surface area contributed by atoms with Crippen molar-refractivity contribution < 1.29 is 9.59 Å². The van der Waals surface area contributed by atoms with E-state index in [-0.39, 0.29) is 35.5 Å². The SMILES string of the molecule is Cc1ccc(N=Nc2ccc(N3C(=O)[C@@H]4C5c6ccccc6C(c6ccccc65)[C@H]4C3=O)cc2)cc1. The van der Waals surface area contributed by atoms with Gasteiger partial charge in [0.2, 0.25) is 11.8 Å². The molecule has 1 heterocycles. The monoisotopic (exact) mass is 469 g/mol. The topological polar surface area (TPSA) is 62.1 Å². The fourth-order valence-electron chi connectivity index (χ4n) is 6.33. The Labute approximate surface area is 209 Å². The van der Waals surface area contributed by atoms with Gasteiger partial charge in [-0.1, -0.05) is 66.2 Å². The number of amides is 2. The second-order valence-electron chi connectivity index (χ2n) is 9.83. The molecule has 5 nitrogen and oxygen atoms in total. The number of hydrogen-bond acceptors (Lipinski definition) is 4. The van der Waals surface area contributed by atoms with Crippen molar-refractivity contribution in [3.8, 4) is 0 Å². The summed E-state index contributed by atoms with van der Waals surface area (Å²) < 4.78 is 0. The summed E-state index contributed by atoms with van der Waals surface area (Å²) in [5.41, 5.74) is 7.90. The molecule has 0 radical (unpaired) electrons. The van der Waals surface area contributed by atoms with Crippen molar-refractivity contribution in [2.45, 2.75) is 18.8 Å². The van der Waals surface area contributed by atoms with E-state index in [0.717, 1.165) is 5.69 Å². The van der Waals surface area contributed by atoms with Crippen molar-refractivity contribution in [3.63, 3.8) is 0 Å². The Kier molecular flexibility index (Phi) is 4.55. The molecule has 1 aliphatic heterocycles. The second kappa shape index (κ2) is 7.82. The normalized spacial score (nSPS) is 23.6. The Bertz CT molecular complexity index is 1440. The highest BCUT2D eigenvalue weighted by atomic mass is 16.2. The predicted octanol–water partition coefficient (Wildman–Crippen LogP) is 6.81. The van der Waals surface area contributed by atoms with Crippen molar-refractivity contribution in [2.24, 2.45) is 22.1 Å². The zero-order chi connectivity index (χ0) is 24.4. The van der Waals surface area contributed by atoms with Gasteiger partial charge in [-0.2, -0.15) is 10.2 Å². The molecule has 0 N–H and O–H groups in total. The van der Waals surface area contributed by atoms with Crippen LogP contribution in [0.25, 0.3) is 0 Å². The van der Waals surface area contributed by atoms with Crippen molar-refractivity contribution >= 4 is 28.9 Å². The summed E-state index contributed by atoms with van der Waals surface area (Å²) in [4.78, 5) is 29.1. The van der Waals surface area contributed by atoms with Crippen LogP contribution >= 0.6 is 0 Å². The van der Waals surface area contributed by atoms with Crippen molar-refractivity contribution in [2.75, 3.05) is 4.90 Å². The molecule has 5 heteroatoms. The number of carbonyl (C=O) groups excluding carboxylic acids is 2. The number of imide groups is 1. The highest BCUT2D eigenvalue weighted by Gasteiger charge is 2.61. The highest BCUT2D eigenvalue weighted by molar-refractivity contribution is 6.23. The molecule has 2 atom stereocenters. The third kappa shape index (κ3) is 2.95. The molecule has 3 aliphatic carbocycles. The number of carbonyl (C=O) groups is 2. The van der Waals surface area contributed by atoms with Gasteiger partial charge in [0, 0.05) is 11.8 Å². The zero-order valence-corrected chi connectivity index (χ0v) is 19.7. The van der Waals surface area contributed by atoms with E-state index in [4.69, 9.17) is 0 Å². The molecule has 36 heavy (non-hydrogen) atoms. The van der Waals surface area contributed by atoms with Crippen LogP contribution in [0.1, 0.15) is 39.7 Å². The van der Waals surface area contributed by atoms with Crippen LogP contribution in [0.3, 0.4) is 0 Å². The molecule has 0 spiro atoms. The molecule has 4 aromatic rings. The first-order valence-electron chi connectivity index (χ1n) is 12.3. The van der Waals surface area contributed by atoms with E-state index in [1.54, 1.807) is 24.3 Å². The molecular weight excluding hydrogens is 446 g/mol. The summed E-state index contributed by atoms with van der Waals surface area (Å²) in [7, 11) is 0. The first-order chi connectivity index (χ1) is 17.6. The predicted molar refractivity (Wildman–Crippen MR) is 138 cm³/mol. The lowest BCUT2D eigenvalue weighted by Crippen LogP contribution is -2.41. The maximum atomic E-state index is 13.8. The Morgan fingerprint density at radius 1 is 0.556 bits per heavy atom. The van der Waals surface area contributed by atoms with Crippen LogP contribution in [0.2, 0.25) is 0 Å². The number of benzene rings is 4. The molecular formula is C31H23N3O2. The van der Waals surface area contributed by atoms with Gasteiger partial charge < -0.3 is 0 Å². The van der Waals surface area contributed by atoms with Crippen molar-refractivity contribution in [1.29, 1.82) is 0 Å². The van der Waals surface area contributed by atoms with E-state index in [1.807, 2.05) is 55.5 Å². The molecule has 0 unspecified atom stereocenters. The van der Waals surface area contributed by atoms with Gasteiger partial charge in [-0.05, 0) is 65.6 Å². The summed E-state index contributed by atoms with van der Waals surface area (Å²) in [6.07, 6.45) is 0. The lowest BCUT2D eigenvalue weighted by molar-refractivity contribution is -0.122. The Morgan fingerprint density at radius 3 is 1.36 bits per heavy atom. The third-order valence-electron chi connectivity index (χ3n) is 7.87. The second-order valence-corrected chi connectivity index (χ2v) is 9.83. The van der Waals surface area contributed by atoms with Crippen molar-refractivity contribution in [3.05, 3.63) is 125 Å². The van der Waals surface area contributed by atoms with Crippen LogP contribution in [0.4, 0.5) is 17.1 Å². The number of aryl methyl sites for hydroxylation is 1. The van der Waals surface area contributed by atoms with E-state index < -0.39 is 0 Å². The minimum Gasteiger partial charge on any atom is -0.274 e. The molecule has 174 valence electrons. The maximum Gasteiger partial charge on any atom is 0.238 e. The first kappa shape index (κ1) is 20.9. The van der Waals surface area contributed by atoms with Gasteiger partial charge in [-0.25, -0.2) is 4.90 Å². The Hall–Kier alpha value is -4.38. The van der Waals surface area contributed by atoms with Gasteiger partial charge in [0.25, 0.3) is 0 Å². The molecule has 1 fully saturated rings. The largest absolute Gasteiger partial charge is 0.274 e. The molecule has 0 saturated carbocycles. The number of rotatable bonds is 3. The fraction of sp³-hybridized carbons (Fsp3) is 0.161. The van der Waals surface area contributed by atoms with Crippen LogP contribution in [-0.2, 0) is 9.59 Å². The molecule has 2 bridgehead atoms. The smallest absolute Gasteiger partial charge is 0.238 e. The van der Waals surface area contributed by atoms with E-state index >= 15 is 0 Å². The van der Waals surface area contributed by atoms with Crippen LogP contribution in [0, 0.1) is 18.8 Å². The molecule has 4 aliphatic rings. The van der Waals surface area contributed by atoms with Crippen molar-refractivity contribution in [1.82, 2.24) is 0 Å². The van der Waals surface area contributed by atoms with E-state index in [0.29, 0.717) is 11.4 Å². The highest BCUT2D eigenvalue weighted by Crippen LogP contribution is 2.61. The third-order valence-corrected chi connectivity index (χ3v) is 7.87. The lowest BCUT2D eigenvalue weighted by atomic mass is 9.55. The van der Waals surface area contributed by atoms with Gasteiger partial charge in [0.15, 0.2) is 0 Å². The first-order valence-corrected chi connectivity index (χ1v) is 12.3. The zero-order valence-electron chi connectivity index (χ0n) is 19.7. The molecule has 0 aromatic heterocycles. The molecule has 4 aromatic carbocycles. The summed E-state index contributed by atoms with van der Waals surface area (Å²) in [5.74, 6) is -1.19. The number of anilines is 1.